The van der Waals surface area contributed by atoms with Crippen LogP contribution in [0.5, 0.6) is 0 Å². The van der Waals surface area contributed by atoms with Crippen LogP contribution >= 0.6 is 0 Å². The van der Waals surface area contributed by atoms with Crippen LogP contribution in [0.3, 0.4) is 0 Å². The van der Waals surface area contributed by atoms with Gasteiger partial charge in [-0.25, -0.2) is 12.7 Å². The third-order valence-electron chi connectivity index (χ3n) is 3.00. The van der Waals surface area contributed by atoms with Crippen molar-refractivity contribution in [1.82, 2.24) is 8.87 Å². The molecule has 0 atom stereocenters. The summed E-state index contributed by atoms with van der Waals surface area (Å²) in [5, 5.41) is 0.540. The zero-order valence-corrected chi connectivity index (χ0v) is 11.7. The van der Waals surface area contributed by atoms with Crippen molar-refractivity contribution in [3.8, 4) is 0 Å². The Balaban J connectivity index is 2.77. The molecule has 2 aromatic rings. The van der Waals surface area contributed by atoms with Gasteiger partial charge < -0.3 is 10.3 Å². The van der Waals surface area contributed by atoms with Crippen molar-refractivity contribution >= 4 is 26.8 Å². The van der Waals surface area contributed by atoms with Crippen molar-refractivity contribution in [2.24, 2.45) is 12.8 Å². The lowest BCUT2D eigenvalue weighted by Crippen LogP contribution is -2.22. The molecule has 1 aromatic carbocycles. The molecule has 1 amide bonds. The van der Waals surface area contributed by atoms with E-state index >= 15 is 0 Å². The number of sulfonamides is 1. The van der Waals surface area contributed by atoms with Gasteiger partial charge in [-0.1, -0.05) is 0 Å². The van der Waals surface area contributed by atoms with Crippen molar-refractivity contribution in [1.29, 1.82) is 0 Å². The molecule has 7 heteroatoms. The van der Waals surface area contributed by atoms with Crippen LogP contribution < -0.4 is 5.73 Å². The van der Waals surface area contributed by atoms with Crippen LogP contribution in [0.4, 0.5) is 0 Å². The van der Waals surface area contributed by atoms with E-state index in [9.17, 15) is 13.2 Å². The molecule has 0 radical (unpaired) electrons. The van der Waals surface area contributed by atoms with Crippen LogP contribution in [0.1, 0.15) is 10.4 Å². The van der Waals surface area contributed by atoms with Crippen molar-refractivity contribution in [3.05, 3.63) is 30.0 Å². The molecule has 2 rings (SSSR count). The van der Waals surface area contributed by atoms with Crippen LogP contribution in [0.15, 0.2) is 29.3 Å². The summed E-state index contributed by atoms with van der Waals surface area (Å²) in [6.07, 6.45) is 1.60. The van der Waals surface area contributed by atoms with E-state index in [2.05, 4.69) is 0 Å². The third-order valence-corrected chi connectivity index (χ3v) is 4.82. The minimum atomic E-state index is -3.53. The first kappa shape index (κ1) is 13.6. The summed E-state index contributed by atoms with van der Waals surface area (Å²) in [5.74, 6) is -0.579. The van der Waals surface area contributed by atoms with Gasteiger partial charge in [-0.2, -0.15) is 0 Å². The van der Waals surface area contributed by atoms with Gasteiger partial charge >= 0.3 is 0 Å². The molecule has 0 aliphatic rings. The molecular formula is C12H15N3O3S. The minimum Gasteiger partial charge on any atom is -0.366 e. The fourth-order valence-electron chi connectivity index (χ4n) is 1.94. The van der Waals surface area contributed by atoms with E-state index in [0.717, 1.165) is 9.82 Å². The summed E-state index contributed by atoms with van der Waals surface area (Å²) in [5.41, 5.74) is 6.37. The number of nitrogens with two attached hydrogens (primary N) is 1. The number of carbonyl (C=O) groups is 1. The molecule has 0 spiro atoms. The van der Waals surface area contributed by atoms with E-state index in [1.807, 2.05) is 0 Å². The van der Waals surface area contributed by atoms with Crippen LogP contribution in [-0.4, -0.2) is 37.3 Å². The first-order valence-corrected chi connectivity index (χ1v) is 7.00. The normalized spacial score (nSPS) is 12.2. The second-order valence-electron chi connectivity index (χ2n) is 4.48. The lowest BCUT2D eigenvalue weighted by atomic mass is 10.2. The fourth-order valence-corrected chi connectivity index (χ4v) is 2.87. The third kappa shape index (κ3) is 2.11. The van der Waals surface area contributed by atoms with Crippen molar-refractivity contribution < 1.29 is 13.2 Å². The number of carbonyl (C=O) groups excluding carboxylic acids is 1. The second-order valence-corrected chi connectivity index (χ2v) is 6.64. The number of aryl methyl sites for hydroxylation is 1. The van der Waals surface area contributed by atoms with Gasteiger partial charge in [-0.3, -0.25) is 4.79 Å². The number of fused-ring (bicyclic) bond motifs is 1. The van der Waals surface area contributed by atoms with Crippen LogP contribution in [-0.2, 0) is 17.1 Å². The number of primary amides is 1. The summed E-state index contributed by atoms with van der Waals surface area (Å²) in [4.78, 5) is 11.5. The van der Waals surface area contributed by atoms with E-state index in [4.69, 9.17) is 5.73 Å². The number of hydrogen-bond donors (Lipinski definition) is 1. The van der Waals surface area contributed by atoms with Crippen LogP contribution in [0, 0.1) is 0 Å². The van der Waals surface area contributed by atoms with E-state index in [0.29, 0.717) is 10.9 Å². The van der Waals surface area contributed by atoms with Gasteiger partial charge in [0.1, 0.15) is 0 Å². The molecule has 0 fully saturated rings. The van der Waals surface area contributed by atoms with Gasteiger partial charge in [0.2, 0.25) is 10.0 Å². The van der Waals surface area contributed by atoms with Gasteiger partial charge in [-0.15, -0.1) is 0 Å². The SMILES string of the molecule is CN(C)S(=O)(=O)c1ccc2c(c1)c(C(N)=O)cn2C. The predicted molar refractivity (Wildman–Crippen MR) is 72.3 cm³/mol. The smallest absolute Gasteiger partial charge is 0.250 e. The number of amides is 1. The molecule has 0 aliphatic heterocycles. The lowest BCUT2D eigenvalue weighted by molar-refractivity contribution is 0.100. The molecule has 0 bridgehead atoms. The van der Waals surface area contributed by atoms with Crippen LogP contribution in [0.25, 0.3) is 10.9 Å². The number of aromatic nitrogens is 1. The Hall–Kier alpha value is -1.86. The fraction of sp³-hybridized carbons (Fsp3) is 0.250. The van der Waals surface area contributed by atoms with Gasteiger partial charge in [0.05, 0.1) is 10.5 Å². The Morgan fingerprint density at radius 2 is 1.95 bits per heavy atom. The van der Waals surface area contributed by atoms with Crippen molar-refractivity contribution in [2.45, 2.75) is 4.90 Å². The molecule has 19 heavy (non-hydrogen) atoms. The largest absolute Gasteiger partial charge is 0.366 e. The molecule has 0 unspecified atom stereocenters. The van der Waals surface area contributed by atoms with Gasteiger partial charge in [-0.05, 0) is 18.2 Å². The van der Waals surface area contributed by atoms with Gasteiger partial charge in [0.25, 0.3) is 5.91 Å². The molecule has 1 heterocycles. The van der Waals surface area contributed by atoms with E-state index in [-0.39, 0.29) is 4.90 Å². The molecule has 2 N–H and O–H groups in total. The second kappa shape index (κ2) is 4.36. The Bertz CT molecular complexity index is 760. The molecule has 0 saturated carbocycles. The maximum absolute atomic E-state index is 12.1. The molecule has 102 valence electrons. The molecule has 1 aromatic heterocycles. The number of nitrogens with zero attached hydrogens (tertiary/aromatic N) is 2. The molecule has 6 nitrogen and oxygen atoms in total. The standard InChI is InChI=1S/C12H15N3O3S/c1-14(2)19(17,18)8-4-5-11-9(6-8)10(12(13)16)7-15(11)3/h4-7H,1-3H3,(H2,13,16). The minimum absolute atomic E-state index is 0.138. The predicted octanol–water partition coefficient (Wildman–Crippen LogP) is 0.528. The maximum Gasteiger partial charge on any atom is 0.250 e. The first-order chi connectivity index (χ1) is 8.75. The monoisotopic (exact) mass is 281 g/mol. The highest BCUT2D eigenvalue weighted by Crippen LogP contribution is 2.24. The zero-order valence-electron chi connectivity index (χ0n) is 10.9. The average molecular weight is 281 g/mol. The van der Waals surface area contributed by atoms with Crippen molar-refractivity contribution in [2.75, 3.05) is 14.1 Å². The van der Waals surface area contributed by atoms with Gasteiger partial charge in [0.15, 0.2) is 0 Å². The number of hydrogen-bond acceptors (Lipinski definition) is 3. The molecule has 0 aliphatic carbocycles. The average Bonchev–Trinajstić information content (AvgIpc) is 2.66. The van der Waals surface area contributed by atoms with Gasteiger partial charge in [0, 0.05) is 38.2 Å². The summed E-state index contributed by atoms with van der Waals surface area (Å²) < 4.78 is 27.0. The van der Waals surface area contributed by atoms with E-state index < -0.39 is 15.9 Å². The topological polar surface area (TPSA) is 85.4 Å². The van der Waals surface area contributed by atoms with E-state index in [1.54, 1.807) is 23.9 Å². The number of benzene rings is 1. The van der Waals surface area contributed by atoms with Crippen LogP contribution in [0.2, 0.25) is 0 Å². The quantitative estimate of drug-likeness (QED) is 0.890. The summed E-state index contributed by atoms with van der Waals surface area (Å²) in [6.45, 7) is 0. The first-order valence-electron chi connectivity index (χ1n) is 5.56. The highest BCUT2D eigenvalue weighted by Gasteiger charge is 2.19. The Labute approximate surface area is 111 Å². The molecule has 0 saturated heterocycles. The highest BCUT2D eigenvalue weighted by atomic mass is 32.2. The molecular weight excluding hydrogens is 266 g/mol. The Kier molecular flexibility index (Phi) is 3.11. The lowest BCUT2D eigenvalue weighted by Gasteiger charge is -2.11. The zero-order chi connectivity index (χ0) is 14.4. The highest BCUT2D eigenvalue weighted by molar-refractivity contribution is 7.89. The Morgan fingerprint density at radius 3 is 2.47 bits per heavy atom. The summed E-state index contributed by atoms with van der Waals surface area (Å²) in [7, 11) is 1.16. The van der Waals surface area contributed by atoms with Crippen molar-refractivity contribution in [3.63, 3.8) is 0 Å². The summed E-state index contributed by atoms with van der Waals surface area (Å²) >= 11 is 0. The summed E-state index contributed by atoms with van der Waals surface area (Å²) in [6, 6.07) is 4.66. The van der Waals surface area contributed by atoms with E-state index in [1.165, 1.54) is 26.2 Å². The Morgan fingerprint density at radius 1 is 1.32 bits per heavy atom. The number of rotatable bonds is 3. The maximum atomic E-state index is 12.1.